The largest absolute Gasteiger partial charge is 0.455 e. The van der Waals surface area contributed by atoms with E-state index in [4.69, 9.17) is 8.83 Å². The number of aromatic nitrogens is 1. The molecule has 0 radical (unpaired) electrons. The van der Waals surface area contributed by atoms with Gasteiger partial charge in [-0.25, -0.2) is 0 Å². The van der Waals surface area contributed by atoms with Crippen LogP contribution in [0.25, 0.3) is 182 Å². The summed E-state index contributed by atoms with van der Waals surface area (Å²) in [5, 5.41) is 11.6. The van der Waals surface area contributed by atoms with Gasteiger partial charge in [-0.1, -0.05) is 273 Å². The van der Waals surface area contributed by atoms with E-state index in [1.807, 2.05) is 0 Å². The van der Waals surface area contributed by atoms with Gasteiger partial charge in [-0.15, -0.1) is 0 Å². The number of rotatable bonds is 9. The molecular formula is C86H53NO2. The summed E-state index contributed by atoms with van der Waals surface area (Å²) in [6.07, 6.45) is 0. The summed E-state index contributed by atoms with van der Waals surface area (Å²) < 4.78 is 16.8. The third-order valence-corrected chi connectivity index (χ3v) is 18.4. The molecule has 0 spiro atoms. The predicted molar refractivity (Wildman–Crippen MR) is 374 cm³/mol. The molecule has 18 aromatic rings. The zero-order valence-electron chi connectivity index (χ0n) is 48.4. The van der Waals surface area contributed by atoms with E-state index < -0.39 is 0 Å². The fourth-order valence-electron chi connectivity index (χ4n) is 14.3. The van der Waals surface area contributed by atoms with Gasteiger partial charge < -0.3 is 13.4 Å². The molecule has 0 atom stereocenters. The summed E-state index contributed by atoms with van der Waals surface area (Å²) >= 11 is 0. The SMILES string of the molecule is c1ccc(-c2cccc(-c3cccc4c3oc3c(-c5ccc6c(c5)c5cc(-c7cccc8c7oc7c(-c9cccc(-c%10ccccc%10)c9)cccc78)ccc5n6-c5ccc(-c6c7ccccc7c(-c7ccccc7)c7ccccc67)cc5)cccc34)c2)cc1. The molecule has 0 aliphatic heterocycles. The second-order valence-corrected chi connectivity index (χ2v) is 23.4. The van der Waals surface area contributed by atoms with Crippen LogP contribution in [0.5, 0.6) is 0 Å². The van der Waals surface area contributed by atoms with Gasteiger partial charge in [-0.2, -0.15) is 0 Å². The number of nitrogens with zero attached hydrogens (tertiary/aromatic N) is 1. The number of fused-ring (bicyclic) bond motifs is 11. The van der Waals surface area contributed by atoms with Crippen LogP contribution in [-0.4, -0.2) is 4.57 Å². The van der Waals surface area contributed by atoms with E-state index in [1.54, 1.807) is 0 Å². The third-order valence-electron chi connectivity index (χ3n) is 18.4. The van der Waals surface area contributed by atoms with E-state index in [9.17, 15) is 0 Å². The van der Waals surface area contributed by atoms with Gasteiger partial charge in [0.05, 0.1) is 11.0 Å². The second-order valence-electron chi connectivity index (χ2n) is 23.4. The monoisotopic (exact) mass is 1130 g/mol. The Morgan fingerprint density at radius 1 is 0.180 bits per heavy atom. The first kappa shape index (κ1) is 50.5. The summed E-state index contributed by atoms with van der Waals surface area (Å²) in [6.45, 7) is 0. The van der Waals surface area contributed by atoms with Crippen molar-refractivity contribution in [2.75, 3.05) is 0 Å². The average Bonchev–Trinajstić information content (AvgIpc) is 1.93. The maximum Gasteiger partial charge on any atom is 0.143 e. The van der Waals surface area contributed by atoms with E-state index >= 15 is 0 Å². The highest BCUT2D eigenvalue weighted by atomic mass is 16.3. The van der Waals surface area contributed by atoms with Crippen molar-refractivity contribution in [1.29, 1.82) is 0 Å². The molecule has 0 N–H and O–H groups in total. The van der Waals surface area contributed by atoms with Crippen LogP contribution in [0.4, 0.5) is 0 Å². The smallest absolute Gasteiger partial charge is 0.143 e. The maximum absolute atomic E-state index is 7.16. The molecule has 3 nitrogen and oxygen atoms in total. The van der Waals surface area contributed by atoms with Crippen molar-refractivity contribution in [1.82, 2.24) is 4.57 Å². The van der Waals surface area contributed by atoms with Gasteiger partial charge in [0.2, 0.25) is 0 Å². The zero-order chi connectivity index (χ0) is 58.5. The minimum Gasteiger partial charge on any atom is -0.455 e. The van der Waals surface area contributed by atoms with Crippen molar-refractivity contribution in [2.24, 2.45) is 0 Å². The van der Waals surface area contributed by atoms with Crippen LogP contribution >= 0.6 is 0 Å². The van der Waals surface area contributed by atoms with Gasteiger partial charge in [0.1, 0.15) is 22.3 Å². The molecule has 18 rings (SSSR count). The summed E-state index contributed by atoms with van der Waals surface area (Å²) in [7, 11) is 0. The molecular weight excluding hydrogens is 1080 g/mol. The highest BCUT2D eigenvalue weighted by Gasteiger charge is 2.23. The number of hydrogen-bond donors (Lipinski definition) is 0. The van der Waals surface area contributed by atoms with Gasteiger partial charge in [0.15, 0.2) is 0 Å². The molecule has 89 heavy (non-hydrogen) atoms. The lowest BCUT2D eigenvalue weighted by atomic mass is 9.86. The summed E-state index contributed by atoms with van der Waals surface area (Å²) in [5.74, 6) is 0. The fraction of sp³-hybridized carbons (Fsp3) is 0. The summed E-state index contributed by atoms with van der Waals surface area (Å²) in [5.41, 5.74) is 25.0. The Labute approximate surface area is 513 Å². The quantitative estimate of drug-likeness (QED) is 0.135. The highest BCUT2D eigenvalue weighted by Crippen LogP contribution is 2.47. The van der Waals surface area contributed by atoms with Crippen LogP contribution < -0.4 is 0 Å². The zero-order valence-corrected chi connectivity index (χ0v) is 48.4. The minimum atomic E-state index is 0.869. The van der Waals surface area contributed by atoms with Gasteiger partial charge in [0.25, 0.3) is 0 Å². The van der Waals surface area contributed by atoms with E-state index in [1.165, 1.54) is 66.1 Å². The standard InChI is InChI=1S/C86H53NO2/c1-4-20-54(21-5-1)58-26-14-28-60(50-58)65-34-16-38-73-75-40-18-36-67(85(75)88-83(65)73)62-44-48-79-77(52-62)78-53-63(68-37-19-41-76-74-39-17-35-66(84(74)89-86(68)76)61-29-15-27-59(51-61)55-22-6-2-7-23-55)45-49-80(78)87(79)64-46-42-57(43-47-64)82-71-32-12-10-30-69(71)81(56-24-8-3-9-25-56)70-31-11-13-33-72(70)82/h1-53H. The van der Waals surface area contributed by atoms with Crippen molar-refractivity contribution in [2.45, 2.75) is 0 Å². The Kier molecular flexibility index (Phi) is 11.6. The highest BCUT2D eigenvalue weighted by molar-refractivity contribution is 6.22. The summed E-state index contributed by atoms with van der Waals surface area (Å²) in [6, 6.07) is 117. The van der Waals surface area contributed by atoms with Gasteiger partial charge >= 0.3 is 0 Å². The van der Waals surface area contributed by atoms with Crippen molar-refractivity contribution < 1.29 is 8.83 Å². The van der Waals surface area contributed by atoms with Crippen molar-refractivity contribution >= 4 is 87.2 Å². The third kappa shape index (κ3) is 8.20. The van der Waals surface area contributed by atoms with Crippen molar-refractivity contribution in [3.05, 3.63) is 322 Å². The van der Waals surface area contributed by atoms with Gasteiger partial charge in [0, 0.05) is 60.3 Å². The molecule has 0 amide bonds. The normalized spacial score (nSPS) is 11.8. The van der Waals surface area contributed by atoms with Crippen LogP contribution in [0.15, 0.2) is 330 Å². The predicted octanol–water partition coefficient (Wildman–Crippen LogP) is 24.2. The molecule has 0 unspecified atom stereocenters. The Morgan fingerprint density at radius 2 is 0.461 bits per heavy atom. The van der Waals surface area contributed by atoms with E-state index in [0.717, 1.165) is 116 Å². The molecule has 414 valence electrons. The van der Waals surface area contributed by atoms with Crippen LogP contribution in [0, 0.1) is 0 Å². The van der Waals surface area contributed by atoms with Gasteiger partial charge in [-0.05, 0) is 137 Å². The van der Waals surface area contributed by atoms with Crippen molar-refractivity contribution in [3.63, 3.8) is 0 Å². The topological polar surface area (TPSA) is 31.2 Å². The average molecular weight is 1130 g/mol. The molecule has 0 aliphatic carbocycles. The number of furan rings is 2. The molecule has 3 aromatic heterocycles. The first-order valence-electron chi connectivity index (χ1n) is 30.5. The van der Waals surface area contributed by atoms with Crippen LogP contribution in [0.2, 0.25) is 0 Å². The van der Waals surface area contributed by atoms with Crippen molar-refractivity contribution in [3.8, 4) is 94.7 Å². The fourth-order valence-corrected chi connectivity index (χ4v) is 14.3. The lowest BCUT2D eigenvalue weighted by molar-refractivity contribution is 0.670. The number of para-hydroxylation sites is 4. The molecule has 0 saturated carbocycles. The molecule has 0 aliphatic rings. The number of benzene rings is 15. The van der Waals surface area contributed by atoms with Gasteiger partial charge in [-0.3, -0.25) is 0 Å². The number of hydrogen-bond acceptors (Lipinski definition) is 2. The molecule has 3 heteroatoms. The molecule has 0 bridgehead atoms. The lowest BCUT2D eigenvalue weighted by Crippen LogP contribution is -1.95. The Balaban J connectivity index is 0.812. The first-order chi connectivity index (χ1) is 44.1. The maximum atomic E-state index is 7.16. The van der Waals surface area contributed by atoms with E-state index in [2.05, 4.69) is 326 Å². The molecule has 0 fully saturated rings. The first-order valence-corrected chi connectivity index (χ1v) is 30.5. The molecule has 0 saturated heterocycles. The lowest BCUT2D eigenvalue weighted by Gasteiger charge is -2.18. The summed E-state index contributed by atoms with van der Waals surface area (Å²) in [4.78, 5) is 0. The second kappa shape index (κ2) is 20.4. The molecule has 15 aromatic carbocycles. The minimum absolute atomic E-state index is 0.869. The van der Waals surface area contributed by atoms with E-state index in [0.29, 0.717) is 0 Å². The Morgan fingerprint density at radius 3 is 0.843 bits per heavy atom. The van der Waals surface area contributed by atoms with Crippen LogP contribution in [0.3, 0.4) is 0 Å². The van der Waals surface area contributed by atoms with E-state index in [-0.39, 0.29) is 0 Å². The Hall–Kier alpha value is -11.8. The Bertz CT molecular complexity index is 5510. The van der Waals surface area contributed by atoms with Crippen LogP contribution in [0.1, 0.15) is 0 Å². The van der Waals surface area contributed by atoms with Crippen LogP contribution in [-0.2, 0) is 0 Å². The molecule has 3 heterocycles.